The third-order valence-electron chi connectivity index (χ3n) is 5.35. The average Bonchev–Trinajstić information content (AvgIpc) is 3.27. The van der Waals surface area contributed by atoms with Gasteiger partial charge in [-0.2, -0.15) is 0 Å². The molecule has 0 atom stereocenters. The molecule has 1 saturated heterocycles. The van der Waals surface area contributed by atoms with Gasteiger partial charge in [0.2, 0.25) is 5.01 Å². The van der Waals surface area contributed by atoms with E-state index in [4.69, 9.17) is 11.6 Å². The van der Waals surface area contributed by atoms with Crippen LogP contribution in [0.3, 0.4) is 0 Å². The molecule has 1 aliphatic rings. The van der Waals surface area contributed by atoms with Crippen LogP contribution in [0.2, 0.25) is 5.02 Å². The molecule has 2 amide bonds. The molecule has 0 radical (unpaired) electrons. The topological polar surface area (TPSA) is 78.4 Å². The van der Waals surface area contributed by atoms with Crippen LogP contribution in [0.1, 0.15) is 39.0 Å². The molecule has 0 bridgehead atoms. The van der Waals surface area contributed by atoms with Gasteiger partial charge >= 0.3 is 0 Å². The Morgan fingerprint density at radius 3 is 2.55 bits per heavy atom. The maximum atomic E-state index is 13.1. The number of nitrogens with zero attached hydrogens (tertiary/aromatic N) is 4. The highest BCUT2D eigenvalue weighted by atomic mass is 35.5. The summed E-state index contributed by atoms with van der Waals surface area (Å²) in [4.78, 5) is 29.7. The Balaban J connectivity index is 1.37. The molecule has 172 valence electrons. The summed E-state index contributed by atoms with van der Waals surface area (Å²) in [7, 11) is 0. The summed E-state index contributed by atoms with van der Waals surface area (Å²) in [6, 6.07) is 14.8. The number of anilines is 2. The number of nitrogens with one attached hydrogen (secondary N) is 1. The van der Waals surface area contributed by atoms with Crippen LogP contribution >= 0.6 is 22.9 Å². The van der Waals surface area contributed by atoms with E-state index in [1.165, 1.54) is 11.3 Å². The molecular weight excluding hydrogens is 458 g/mol. The Hall–Kier alpha value is -2.97. The van der Waals surface area contributed by atoms with Crippen molar-refractivity contribution in [3.63, 3.8) is 0 Å². The van der Waals surface area contributed by atoms with Crippen LogP contribution in [0.15, 0.2) is 48.5 Å². The van der Waals surface area contributed by atoms with E-state index in [-0.39, 0.29) is 11.8 Å². The fourth-order valence-electron chi connectivity index (χ4n) is 3.71. The van der Waals surface area contributed by atoms with E-state index in [0.29, 0.717) is 40.3 Å². The van der Waals surface area contributed by atoms with Crippen molar-refractivity contribution in [3.8, 4) is 0 Å². The van der Waals surface area contributed by atoms with Crippen molar-refractivity contribution in [2.75, 3.05) is 36.4 Å². The van der Waals surface area contributed by atoms with Gasteiger partial charge in [0.25, 0.3) is 11.8 Å². The van der Waals surface area contributed by atoms with E-state index in [9.17, 15) is 9.59 Å². The van der Waals surface area contributed by atoms with E-state index in [1.54, 1.807) is 24.3 Å². The molecule has 7 nitrogen and oxygen atoms in total. The lowest BCUT2D eigenvalue weighted by Gasteiger charge is -2.36. The van der Waals surface area contributed by atoms with E-state index in [2.05, 4.69) is 34.3 Å². The quantitative estimate of drug-likeness (QED) is 0.554. The lowest BCUT2D eigenvalue weighted by Crippen LogP contribution is -2.48. The molecule has 3 aromatic rings. The fourth-order valence-corrected chi connectivity index (χ4v) is 4.85. The van der Waals surface area contributed by atoms with Gasteiger partial charge in [-0.1, -0.05) is 48.9 Å². The van der Waals surface area contributed by atoms with Crippen LogP contribution in [0.5, 0.6) is 0 Å². The molecule has 0 spiro atoms. The summed E-state index contributed by atoms with van der Waals surface area (Å²) in [5, 5.41) is 12.8. The maximum Gasteiger partial charge on any atom is 0.286 e. The second kappa shape index (κ2) is 10.3. The van der Waals surface area contributed by atoms with Gasteiger partial charge in [-0.25, -0.2) is 0 Å². The molecule has 0 saturated carbocycles. The number of benzene rings is 2. The zero-order valence-corrected chi connectivity index (χ0v) is 20.2. The lowest BCUT2D eigenvalue weighted by atomic mass is 10.1. The zero-order chi connectivity index (χ0) is 23.4. The molecule has 2 heterocycles. The number of hydrogen-bond donors (Lipinski definition) is 1. The highest BCUT2D eigenvalue weighted by molar-refractivity contribution is 7.13. The molecule has 1 aliphatic heterocycles. The lowest BCUT2D eigenvalue weighted by molar-refractivity contribution is 0.0746. The van der Waals surface area contributed by atoms with Gasteiger partial charge < -0.3 is 15.1 Å². The minimum atomic E-state index is -0.317. The Morgan fingerprint density at radius 1 is 1.06 bits per heavy atom. The summed E-state index contributed by atoms with van der Waals surface area (Å²) in [5.41, 5.74) is 2.17. The fraction of sp³-hybridized carbons (Fsp3) is 0.333. The largest absolute Gasteiger partial charge is 0.368 e. The van der Waals surface area contributed by atoms with Crippen LogP contribution in [-0.2, 0) is 6.42 Å². The van der Waals surface area contributed by atoms with Gasteiger partial charge in [-0.3, -0.25) is 9.59 Å². The molecule has 1 N–H and O–H groups in total. The number of rotatable bonds is 6. The van der Waals surface area contributed by atoms with E-state index in [0.717, 1.165) is 30.2 Å². The Morgan fingerprint density at radius 2 is 1.82 bits per heavy atom. The highest BCUT2D eigenvalue weighted by Gasteiger charge is 2.23. The second-order valence-electron chi connectivity index (χ2n) is 8.39. The summed E-state index contributed by atoms with van der Waals surface area (Å²) in [6.07, 6.45) is 0.791. The molecule has 0 aliphatic carbocycles. The second-order valence-corrected chi connectivity index (χ2v) is 9.89. The zero-order valence-electron chi connectivity index (χ0n) is 18.6. The first-order valence-electron chi connectivity index (χ1n) is 10.9. The van der Waals surface area contributed by atoms with Crippen molar-refractivity contribution in [2.45, 2.75) is 20.3 Å². The van der Waals surface area contributed by atoms with Crippen LogP contribution < -0.4 is 10.2 Å². The minimum Gasteiger partial charge on any atom is -0.368 e. The van der Waals surface area contributed by atoms with Gasteiger partial charge in [0.05, 0.1) is 0 Å². The van der Waals surface area contributed by atoms with Crippen molar-refractivity contribution in [1.82, 2.24) is 15.1 Å². The molecule has 1 fully saturated rings. The first-order valence-corrected chi connectivity index (χ1v) is 12.1. The first-order chi connectivity index (χ1) is 15.9. The number of piperazine rings is 1. The van der Waals surface area contributed by atoms with Crippen LogP contribution in [-0.4, -0.2) is 53.1 Å². The molecular formula is C24H26ClN5O2S. The van der Waals surface area contributed by atoms with Crippen molar-refractivity contribution in [1.29, 1.82) is 0 Å². The summed E-state index contributed by atoms with van der Waals surface area (Å²) in [5.74, 6) is 0.0816. The Bertz CT molecular complexity index is 1140. The highest BCUT2D eigenvalue weighted by Crippen LogP contribution is 2.22. The van der Waals surface area contributed by atoms with E-state index >= 15 is 0 Å². The third-order valence-corrected chi connectivity index (χ3v) is 6.53. The number of carbonyl (C=O) groups excluding carboxylic acids is 2. The first kappa shape index (κ1) is 23.2. The van der Waals surface area contributed by atoms with Gasteiger partial charge in [0.1, 0.15) is 5.01 Å². The Kier molecular flexibility index (Phi) is 7.25. The molecule has 33 heavy (non-hydrogen) atoms. The van der Waals surface area contributed by atoms with Gasteiger partial charge in [0, 0.05) is 54.6 Å². The number of halogens is 1. The predicted molar refractivity (Wildman–Crippen MR) is 132 cm³/mol. The smallest absolute Gasteiger partial charge is 0.286 e. The van der Waals surface area contributed by atoms with Crippen molar-refractivity contribution < 1.29 is 9.59 Å². The Labute approximate surface area is 202 Å². The number of hydrogen-bond acceptors (Lipinski definition) is 6. The van der Waals surface area contributed by atoms with Crippen LogP contribution in [0.4, 0.5) is 11.4 Å². The molecule has 1 aromatic heterocycles. The maximum absolute atomic E-state index is 13.1. The number of carbonyl (C=O) groups is 2. The summed E-state index contributed by atoms with van der Waals surface area (Å²) in [6.45, 7) is 6.90. The van der Waals surface area contributed by atoms with Crippen LogP contribution in [0.25, 0.3) is 0 Å². The minimum absolute atomic E-state index is 0.0491. The number of aromatic nitrogens is 2. The summed E-state index contributed by atoms with van der Waals surface area (Å²) < 4.78 is 0. The average molecular weight is 484 g/mol. The van der Waals surface area contributed by atoms with Crippen molar-refractivity contribution in [2.24, 2.45) is 5.92 Å². The molecule has 2 aromatic carbocycles. The number of amides is 2. The van der Waals surface area contributed by atoms with E-state index in [1.807, 2.05) is 29.2 Å². The van der Waals surface area contributed by atoms with Gasteiger partial charge in [-0.15, -0.1) is 10.2 Å². The van der Waals surface area contributed by atoms with Crippen molar-refractivity contribution in [3.05, 3.63) is 69.1 Å². The third kappa shape index (κ3) is 5.89. The summed E-state index contributed by atoms with van der Waals surface area (Å²) >= 11 is 7.40. The van der Waals surface area contributed by atoms with Crippen molar-refractivity contribution >= 4 is 46.1 Å². The SMILES string of the molecule is CC(C)Cc1nnc(C(=O)Nc2cccc(C(=O)N3CCN(c4cccc(Cl)c4)CC3)c2)s1. The monoisotopic (exact) mass is 483 g/mol. The van der Waals surface area contributed by atoms with Gasteiger partial charge in [0.15, 0.2) is 0 Å². The normalized spacial score (nSPS) is 13.9. The van der Waals surface area contributed by atoms with Crippen LogP contribution in [0, 0.1) is 5.92 Å². The molecule has 4 rings (SSSR count). The standard InChI is InChI=1S/C24H26ClN5O2S/c1-16(2)13-21-27-28-23(33-21)22(31)26-19-7-3-5-17(14-19)24(32)30-11-9-29(10-12-30)20-8-4-6-18(25)15-20/h3-8,14-16H,9-13H2,1-2H3,(H,26,31). The van der Waals surface area contributed by atoms with Gasteiger partial charge in [-0.05, 0) is 42.3 Å². The van der Waals surface area contributed by atoms with E-state index < -0.39 is 0 Å². The predicted octanol–water partition coefficient (Wildman–Crippen LogP) is 4.60. The molecule has 9 heteroatoms. The molecule has 0 unspecified atom stereocenters.